The second kappa shape index (κ2) is 5.81. The number of hydrogen-bond acceptors (Lipinski definition) is 4. The molecule has 1 fully saturated rings. The van der Waals surface area contributed by atoms with Gasteiger partial charge in [-0.2, -0.15) is 0 Å². The molecular weight excluding hydrogens is 350 g/mol. The van der Waals surface area contributed by atoms with Crippen LogP contribution in [0.4, 0.5) is 5.69 Å². The third-order valence-corrected chi connectivity index (χ3v) is 5.62. The van der Waals surface area contributed by atoms with E-state index in [0.29, 0.717) is 27.0 Å². The van der Waals surface area contributed by atoms with Crippen LogP contribution in [0.3, 0.4) is 0 Å². The van der Waals surface area contributed by atoms with Crippen molar-refractivity contribution in [3.63, 3.8) is 0 Å². The summed E-state index contributed by atoms with van der Waals surface area (Å²) in [4.78, 5) is 31.2. The number of nitrogens with zero attached hydrogens (tertiary/aromatic N) is 3. The van der Waals surface area contributed by atoms with Crippen LogP contribution in [0.25, 0.3) is 21.9 Å². The van der Waals surface area contributed by atoms with Crippen molar-refractivity contribution in [3.05, 3.63) is 45.2 Å². The molecule has 1 aliphatic carbocycles. The molecule has 0 aliphatic heterocycles. The molecule has 1 aromatic carbocycles. The van der Waals surface area contributed by atoms with E-state index in [4.69, 9.17) is 16.6 Å². The Labute approximate surface area is 156 Å². The Kier molecular flexibility index (Phi) is 3.81. The average molecular weight is 370 g/mol. The second-order valence-electron chi connectivity index (χ2n) is 7.42. The molecule has 0 bridgehead atoms. The molecular formula is C20H20ClN3O2. The number of fused-ring (bicyclic) bond motifs is 2. The van der Waals surface area contributed by atoms with E-state index in [2.05, 4.69) is 6.92 Å². The number of carbonyl (C=O) groups excluding carboxylic acids is 1. The van der Waals surface area contributed by atoms with E-state index >= 15 is 0 Å². The lowest BCUT2D eigenvalue weighted by atomic mass is 10.0. The Bertz CT molecular complexity index is 1110. The fourth-order valence-electron chi connectivity index (χ4n) is 3.55. The van der Waals surface area contributed by atoms with Gasteiger partial charge in [0.25, 0.3) is 0 Å². The zero-order valence-electron chi connectivity index (χ0n) is 15.0. The number of aldehydes is 1. The summed E-state index contributed by atoms with van der Waals surface area (Å²) in [6.45, 7) is 2.29. The second-order valence-corrected chi connectivity index (χ2v) is 7.83. The maximum atomic E-state index is 13.1. The van der Waals surface area contributed by atoms with E-state index in [9.17, 15) is 9.59 Å². The fourth-order valence-corrected chi connectivity index (χ4v) is 3.87. The van der Waals surface area contributed by atoms with Crippen LogP contribution in [0.15, 0.2) is 29.1 Å². The van der Waals surface area contributed by atoms with Crippen molar-refractivity contribution in [2.24, 2.45) is 0 Å². The molecule has 1 aliphatic rings. The average Bonchev–Trinajstić information content (AvgIpc) is 3.36. The molecule has 4 rings (SSSR count). The van der Waals surface area contributed by atoms with Gasteiger partial charge in [-0.05, 0) is 37.1 Å². The van der Waals surface area contributed by atoms with Crippen molar-refractivity contribution in [1.29, 1.82) is 0 Å². The molecule has 0 atom stereocenters. The van der Waals surface area contributed by atoms with E-state index in [0.717, 1.165) is 30.5 Å². The number of pyridine rings is 2. The van der Waals surface area contributed by atoms with Gasteiger partial charge < -0.3 is 14.3 Å². The van der Waals surface area contributed by atoms with Gasteiger partial charge in [0.2, 0.25) is 0 Å². The Morgan fingerprint density at radius 3 is 2.54 bits per heavy atom. The molecule has 5 nitrogen and oxygen atoms in total. The van der Waals surface area contributed by atoms with Crippen LogP contribution < -0.4 is 10.3 Å². The standard InChI is InChI=1S/C20H20ClN3O2/c1-20(8-9-20)15-7-5-13-18(26)12-4-6-14(21)17(23(2)3)16(12)24(10-11-25)19(13)22-15/h4-7,11H,8-10H2,1-3H3. The Hall–Kier alpha value is -2.40. The minimum atomic E-state index is -0.0862. The largest absolute Gasteiger partial charge is 0.375 e. The number of hydrogen-bond donors (Lipinski definition) is 0. The third kappa shape index (κ3) is 2.42. The summed E-state index contributed by atoms with van der Waals surface area (Å²) >= 11 is 6.42. The van der Waals surface area contributed by atoms with Crippen molar-refractivity contribution in [3.8, 4) is 0 Å². The van der Waals surface area contributed by atoms with Gasteiger partial charge in [0, 0.05) is 30.6 Å². The summed E-state index contributed by atoms with van der Waals surface area (Å²) in [6, 6.07) is 7.24. The molecule has 2 heterocycles. The van der Waals surface area contributed by atoms with Crippen molar-refractivity contribution in [2.75, 3.05) is 19.0 Å². The lowest BCUT2D eigenvalue weighted by molar-refractivity contribution is -0.108. The van der Waals surface area contributed by atoms with Gasteiger partial charge in [-0.25, -0.2) is 4.98 Å². The fraction of sp³-hybridized carbons (Fsp3) is 0.350. The maximum absolute atomic E-state index is 13.1. The first kappa shape index (κ1) is 17.0. The molecule has 0 unspecified atom stereocenters. The lowest BCUT2D eigenvalue weighted by Crippen LogP contribution is -2.19. The van der Waals surface area contributed by atoms with E-state index in [1.54, 1.807) is 12.1 Å². The SMILES string of the molecule is CN(C)c1c(Cl)ccc2c(=O)c3ccc(C4(C)CC4)nc3n(CC=O)c12. The molecule has 0 radical (unpaired) electrons. The normalized spacial score (nSPS) is 15.4. The Balaban J connectivity index is 2.21. The Morgan fingerprint density at radius 2 is 1.92 bits per heavy atom. The lowest BCUT2D eigenvalue weighted by Gasteiger charge is -2.21. The van der Waals surface area contributed by atoms with Crippen molar-refractivity contribution in [2.45, 2.75) is 31.7 Å². The smallest absolute Gasteiger partial charge is 0.198 e. The van der Waals surface area contributed by atoms with E-state index < -0.39 is 0 Å². The Morgan fingerprint density at radius 1 is 1.23 bits per heavy atom. The summed E-state index contributed by atoms with van der Waals surface area (Å²) in [5, 5.41) is 1.60. The van der Waals surface area contributed by atoms with Crippen LogP contribution in [0.1, 0.15) is 25.5 Å². The van der Waals surface area contributed by atoms with Gasteiger partial charge in [0.1, 0.15) is 11.9 Å². The minimum Gasteiger partial charge on any atom is -0.375 e. The number of halogens is 1. The number of benzene rings is 1. The highest BCUT2D eigenvalue weighted by Gasteiger charge is 2.40. The summed E-state index contributed by atoms with van der Waals surface area (Å²) < 4.78 is 1.82. The molecule has 0 amide bonds. The maximum Gasteiger partial charge on any atom is 0.198 e. The molecule has 0 saturated heterocycles. The first-order valence-electron chi connectivity index (χ1n) is 8.64. The van der Waals surface area contributed by atoms with Crippen LogP contribution in [0.5, 0.6) is 0 Å². The van der Waals surface area contributed by atoms with Crippen LogP contribution in [-0.2, 0) is 16.8 Å². The topological polar surface area (TPSA) is 55.2 Å². The van der Waals surface area contributed by atoms with E-state index in [1.807, 2.05) is 35.7 Å². The van der Waals surface area contributed by atoms with Crippen LogP contribution in [-0.4, -0.2) is 29.9 Å². The highest BCUT2D eigenvalue weighted by molar-refractivity contribution is 6.35. The van der Waals surface area contributed by atoms with Crippen molar-refractivity contribution >= 4 is 45.5 Å². The summed E-state index contributed by atoms with van der Waals surface area (Å²) in [5.74, 6) is 0. The summed E-state index contributed by atoms with van der Waals surface area (Å²) in [7, 11) is 3.74. The van der Waals surface area contributed by atoms with Crippen LogP contribution in [0, 0.1) is 0 Å². The van der Waals surface area contributed by atoms with Crippen LogP contribution >= 0.6 is 11.6 Å². The van der Waals surface area contributed by atoms with Gasteiger partial charge in [0.05, 0.1) is 28.2 Å². The third-order valence-electron chi connectivity index (χ3n) is 5.31. The van der Waals surface area contributed by atoms with Crippen molar-refractivity contribution < 1.29 is 4.79 Å². The highest BCUT2D eigenvalue weighted by Crippen LogP contribution is 2.47. The van der Waals surface area contributed by atoms with Gasteiger partial charge in [-0.1, -0.05) is 18.5 Å². The predicted molar refractivity (Wildman–Crippen MR) is 105 cm³/mol. The molecule has 6 heteroatoms. The first-order valence-corrected chi connectivity index (χ1v) is 9.02. The zero-order chi connectivity index (χ0) is 18.6. The number of anilines is 1. The summed E-state index contributed by atoms with van der Waals surface area (Å²) in [5.41, 5.74) is 2.87. The van der Waals surface area contributed by atoms with Gasteiger partial charge in [-0.3, -0.25) is 4.79 Å². The quantitative estimate of drug-likeness (QED) is 0.521. The van der Waals surface area contributed by atoms with Crippen molar-refractivity contribution in [1.82, 2.24) is 9.55 Å². The first-order chi connectivity index (χ1) is 12.4. The van der Waals surface area contributed by atoms with E-state index in [1.165, 1.54) is 0 Å². The molecule has 0 spiro atoms. The monoisotopic (exact) mass is 369 g/mol. The van der Waals surface area contributed by atoms with Gasteiger partial charge in [0.15, 0.2) is 5.43 Å². The molecule has 2 aromatic heterocycles. The summed E-state index contributed by atoms with van der Waals surface area (Å²) in [6.07, 6.45) is 3.01. The molecule has 3 aromatic rings. The predicted octanol–water partition coefficient (Wildman–Crippen LogP) is 3.52. The zero-order valence-corrected chi connectivity index (χ0v) is 15.8. The van der Waals surface area contributed by atoms with E-state index in [-0.39, 0.29) is 17.4 Å². The molecule has 0 N–H and O–H groups in total. The molecule has 26 heavy (non-hydrogen) atoms. The van der Waals surface area contributed by atoms with Gasteiger partial charge >= 0.3 is 0 Å². The minimum absolute atomic E-state index is 0.0733. The molecule has 1 saturated carbocycles. The number of aromatic nitrogens is 2. The molecule has 134 valence electrons. The van der Waals surface area contributed by atoms with Crippen LogP contribution in [0.2, 0.25) is 5.02 Å². The van der Waals surface area contributed by atoms with Gasteiger partial charge in [-0.15, -0.1) is 0 Å². The number of carbonyl (C=O) groups is 1. The number of rotatable bonds is 4. The highest BCUT2D eigenvalue weighted by atomic mass is 35.5.